The van der Waals surface area contributed by atoms with Gasteiger partial charge in [-0.1, -0.05) is 6.07 Å². The van der Waals surface area contributed by atoms with Gasteiger partial charge in [-0.3, -0.25) is 14.4 Å². The van der Waals surface area contributed by atoms with Crippen LogP contribution >= 0.6 is 0 Å². The predicted octanol–water partition coefficient (Wildman–Crippen LogP) is 3.06. The molecular formula is C18H16N2O3. The number of anilines is 2. The Labute approximate surface area is 133 Å². The van der Waals surface area contributed by atoms with Gasteiger partial charge in [0.05, 0.1) is 16.8 Å². The first-order chi connectivity index (χ1) is 10.9. The van der Waals surface area contributed by atoms with Gasteiger partial charge in [-0.05, 0) is 55.3 Å². The number of nitrogens with zero attached hydrogens (tertiary/aromatic N) is 1. The molecule has 5 heteroatoms. The van der Waals surface area contributed by atoms with Gasteiger partial charge in [0, 0.05) is 12.6 Å². The number of amides is 3. The summed E-state index contributed by atoms with van der Waals surface area (Å²) in [7, 11) is 0. The van der Waals surface area contributed by atoms with E-state index < -0.39 is 0 Å². The topological polar surface area (TPSA) is 66.5 Å². The Morgan fingerprint density at radius 3 is 2.13 bits per heavy atom. The number of hydrogen-bond acceptors (Lipinski definition) is 3. The van der Waals surface area contributed by atoms with Crippen LogP contribution in [0.15, 0.2) is 36.4 Å². The molecule has 1 N–H and O–H groups in total. The van der Waals surface area contributed by atoms with Gasteiger partial charge in [0.1, 0.15) is 0 Å². The normalized spacial score (nSPS) is 13.3. The minimum atomic E-state index is -0.373. The number of nitrogens with one attached hydrogen (secondary N) is 1. The minimum Gasteiger partial charge on any atom is -0.326 e. The Bertz CT molecular complexity index is 835. The summed E-state index contributed by atoms with van der Waals surface area (Å²) in [4.78, 5) is 37.6. The van der Waals surface area contributed by atoms with Gasteiger partial charge in [0.15, 0.2) is 0 Å². The number of aryl methyl sites for hydroxylation is 2. The molecule has 1 aliphatic heterocycles. The van der Waals surface area contributed by atoms with Crippen molar-refractivity contribution in [3.8, 4) is 0 Å². The van der Waals surface area contributed by atoms with Crippen LogP contribution < -0.4 is 10.2 Å². The fourth-order valence-corrected chi connectivity index (χ4v) is 2.84. The highest BCUT2D eigenvalue weighted by Crippen LogP contribution is 2.31. The zero-order chi connectivity index (χ0) is 16.7. The van der Waals surface area contributed by atoms with E-state index in [4.69, 9.17) is 0 Å². The van der Waals surface area contributed by atoms with Crippen molar-refractivity contribution in [3.05, 3.63) is 58.7 Å². The van der Waals surface area contributed by atoms with Gasteiger partial charge in [0.25, 0.3) is 11.8 Å². The maximum atomic E-state index is 12.7. The van der Waals surface area contributed by atoms with Crippen LogP contribution in [-0.4, -0.2) is 17.7 Å². The number of hydrogen-bond donors (Lipinski definition) is 1. The Morgan fingerprint density at radius 1 is 0.913 bits per heavy atom. The minimum absolute atomic E-state index is 0.229. The zero-order valence-corrected chi connectivity index (χ0v) is 13.1. The highest BCUT2D eigenvalue weighted by atomic mass is 16.2. The average Bonchev–Trinajstić information content (AvgIpc) is 2.69. The summed E-state index contributed by atoms with van der Waals surface area (Å²) in [5, 5.41) is 2.62. The van der Waals surface area contributed by atoms with E-state index in [0.717, 1.165) is 11.1 Å². The summed E-state index contributed by atoms with van der Waals surface area (Å²) in [6, 6.07) is 10.3. The van der Waals surface area contributed by atoms with Crippen LogP contribution in [0.25, 0.3) is 0 Å². The molecule has 1 aliphatic rings. The SMILES string of the molecule is CC(=O)Nc1ccc2c(c1)C(=O)N(c1cc(C)cc(C)c1)C2=O. The molecule has 3 rings (SSSR count). The maximum absolute atomic E-state index is 12.7. The molecule has 0 atom stereocenters. The van der Waals surface area contributed by atoms with E-state index in [1.54, 1.807) is 18.2 Å². The summed E-state index contributed by atoms with van der Waals surface area (Å²) in [5.74, 6) is -0.945. The second kappa shape index (κ2) is 5.35. The first-order valence-corrected chi connectivity index (χ1v) is 7.25. The van der Waals surface area contributed by atoms with Crippen molar-refractivity contribution in [2.75, 3.05) is 10.2 Å². The highest BCUT2D eigenvalue weighted by Gasteiger charge is 2.37. The van der Waals surface area contributed by atoms with E-state index in [9.17, 15) is 14.4 Å². The lowest BCUT2D eigenvalue weighted by molar-refractivity contribution is -0.114. The Kier molecular flexibility index (Phi) is 3.48. The van der Waals surface area contributed by atoms with E-state index >= 15 is 0 Å². The van der Waals surface area contributed by atoms with Crippen molar-refractivity contribution in [3.63, 3.8) is 0 Å². The largest absolute Gasteiger partial charge is 0.326 e. The van der Waals surface area contributed by atoms with Crippen molar-refractivity contribution >= 4 is 29.1 Å². The van der Waals surface area contributed by atoms with E-state index in [-0.39, 0.29) is 17.7 Å². The van der Waals surface area contributed by atoms with E-state index in [2.05, 4.69) is 5.32 Å². The molecule has 0 unspecified atom stereocenters. The molecule has 2 aromatic carbocycles. The highest BCUT2D eigenvalue weighted by molar-refractivity contribution is 6.34. The fraction of sp³-hybridized carbons (Fsp3) is 0.167. The van der Waals surface area contributed by atoms with Crippen LogP contribution in [-0.2, 0) is 4.79 Å². The molecule has 23 heavy (non-hydrogen) atoms. The summed E-state index contributed by atoms with van der Waals surface area (Å²) in [6.07, 6.45) is 0. The molecule has 0 bridgehead atoms. The van der Waals surface area contributed by atoms with Crippen LogP contribution in [0.1, 0.15) is 38.8 Å². The number of benzene rings is 2. The summed E-state index contributed by atoms with van der Waals surface area (Å²) >= 11 is 0. The van der Waals surface area contributed by atoms with Crippen molar-refractivity contribution < 1.29 is 14.4 Å². The van der Waals surface area contributed by atoms with Crippen LogP contribution in [0.2, 0.25) is 0 Å². The first-order valence-electron chi connectivity index (χ1n) is 7.25. The van der Waals surface area contributed by atoms with E-state index in [1.807, 2.05) is 32.0 Å². The van der Waals surface area contributed by atoms with Gasteiger partial charge < -0.3 is 5.32 Å². The molecule has 2 aromatic rings. The molecule has 0 spiro atoms. The van der Waals surface area contributed by atoms with Gasteiger partial charge in [-0.15, -0.1) is 0 Å². The Balaban J connectivity index is 2.05. The summed E-state index contributed by atoms with van der Waals surface area (Å²) in [5.41, 5.74) is 3.68. The lowest BCUT2D eigenvalue weighted by Crippen LogP contribution is -2.29. The molecule has 0 aliphatic carbocycles. The standard InChI is InChI=1S/C18H16N2O3/c1-10-6-11(2)8-14(7-10)20-17(22)15-5-4-13(19-12(3)21)9-16(15)18(20)23/h4-9H,1-3H3,(H,19,21). The van der Waals surface area contributed by atoms with Crippen molar-refractivity contribution in [2.24, 2.45) is 0 Å². The van der Waals surface area contributed by atoms with Crippen LogP contribution in [0.4, 0.5) is 11.4 Å². The summed E-state index contributed by atoms with van der Waals surface area (Å²) in [6.45, 7) is 5.23. The molecule has 1 heterocycles. The first kappa shape index (κ1) is 15.0. The smallest absolute Gasteiger partial charge is 0.266 e. The molecule has 0 radical (unpaired) electrons. The van der Waals surface area contributed by atoms with Crippen LogP contribution in [0.5, 0.6) is 0 Å². The van der Waals surface area contributed by atoms with E-state index in [1.165, 1.54) is 11.8 Å². The lowest BCUT2D eigenvalue weighted by Gasteiger charge is -2.15. The van der Waals surface area contributed by atoms with Crippen molar-refractivity contribution in [1.82, 2.24) is 0 Å². The lowest BCUT2D eigenvalue weighted by atomic mass is 10.1. The third-order valence-corrected chi connectivity index (χ3v) is 3.67. The van der Waals surface area contributed by atoms with Crippen LogP contribution in [0.3, 0.4) is 0 Å². The third-order valence-electron chi connectivity index (χ3n) is 3.67. The van der Waals surface area contributed by atoms with Gasteiger partial charge >= 0.3 is 0 Å². The van der Waals surface area contributed by atoms with Crippen molar-refractivity contribution in [2.45, 2.75) is 20.8 Å². The number of fused-ring (bicyclic) bond motifs is 1. The molecule has 0 aromatic heterocycles. The number of imide groups is 1. The Morgan fingerprint density at radius 2 is 1.52 bits per heavy atom. The number of carbonyl (C=O) groups is 3. The quantitative estimate of drug-likeness (QED) is 0.867. The van der Waals surface area contributed by atoms with Gasteiger partial charge in [-0.25, -0.2) is 4.90 Å². The number of carbonyl (C=O) groups excluding carboxylic acids is 3. The molecule has 0 saturated carbocycles. The monoisotopic (exact) mass is 308 g/mol. The average molecular weight is 308 g/mol. The second-order valence-electron chi connectivity index (χ2n) is 5.73. The van der Waals surface area contributed by atoms with Crippen molar-refractivity contribution in [1.29, 1.82) is 0 Å². The summed E-state index contributed by atoms with van der Waals surface area (Å²) < 4.78 is 0. The fourth-order valence-electron chi connectivity index (χ4n) is 2.84. The van der Waals surface area contributed by atoms with Gasteiger partial charge in [-0.2, -0.15) is 0 Å². The van der Waals surface area contributed by atoms with Gasteiger partial charge in [0.2, 0.25) is 5.91 Å². The Hall–Kier alpha value is -2.95. The third kappa shape index (κ3) is 2.61. The van der Waals surface area contributed by atoms with E-state index in [0.29, 0.717) is 22.5 Å². The molecular weight excluding hydrogens is 292 g/mol. The molecule has 0 fully saturated rings. The molecule has 0 saturated heterocycles. The molecule has 116 valence electrons. The van der Waals surface area contributed by atoms with Crippen LogP contribution in [0, 0.1) is 13.8 Å². The second-order valence-corrected chi connectivity index (χ2v) is 5.73. The zero-order valence-electron chi connectivity index (χ0n) is 13.1. The molecule has 5 nitrogen and oxygen atoms in total. The molecule has 3 amide bonds. The predicted molar refractivity (Wildman–Crippen MR) is 87.8 cm³/mol. The maximum Gasteiger partial charge on any atom is 0.266 e. The number of rotatable bonds is 2.